The highest BCUT2D eigenvalue weighted by Gasteiger charge is 2.12. The number of para-hydroxylation sites is 1. The molecule has 2 N–H and O–H groups in total. The number of thiophene rings is 1. The summed E-state index contributed by atoms with van der Waals surface area (Å²) in [5.74, 6) is -0.374. The first-order valence-corrected chi connectivity index (χ1v) is 9.40. The lowest BCUT2D eigenvalue weighted by Gasteiger charge is -2.00. The van der Waals surface area contributed by atoms with Gasteiger partial charge in [0.2, 0.25) is 0 Å². The van der Waals surface area contributed by atoms with Gasteiger partial charge in [-0.1, -0.05) is 30.3 Å². The molecule has 2 aromatic heterocycles. The molecule has 2 heterocycles. The zero-order valence-corrected chi connectivity index (χ0v) is 15.5. The van der Waals surface area contributed by atoms with Crippen LogP contribution in [0.5, 0.6) is 5.75 Å². The lowest BCUT2D eigenvalue weighted by Crippen LogP contribution is -2.17. The lowest BCUT2D eigenvalue weighted by molar-refractivity contribution is 0.0954. The molecule has 0 spiro atoms. The molecule has 0 saturated heterocycles. The third-order valence-corrected chi connectivity index (χ3v) is 4.87. The Morgan fingerprint density at radius 2 is 1.96 bits per heavy atom. The Morgan fingerprint density at radius 1 is 1.11 bits per heavy atom. The van der Waals surface area contributed by atoms with Crippen LogP contribution in [-0.4, -0.2) is 27.0 Å². The van der Waals surface area contributed by atoms with E-state index in [2.05, 4.69) is 15.6 Å². The van der Waals surface area contributed by atoms with E-state index in [0.717, 1.165) is 21.8 Å². The fraction of sp³-hybridized carbons (Fsp3) is 0. The van der Waals surface area contributed by atoms with Crippen molar-refractivity contribution >= 4 is 23.5 Å². The maximum Gasteiger partial charge on any atom is 0.271 e. The Bertz CT molecular complexity index is 1120. The molecule has 2 aromatic carbocycles. The van der Waals surface area contributed by atoms with E-state index in [-0.39, 0.29) is 5.75 Å². The number of phenols is 1. The summed E-state index contributed by atoms with van der Waals surface area (Å²) < 4.78 is 1.79. The number of nitrogens with one attached hydrogen (secondary N) is 1. The van der Waals surface area contributed by atoms with Crippen LogP contribution in [0.1, 0.15) is 15.9 Å². The number of phenolic OH excluding ortho intramolecular Hbond substituents is 1. The van der Waals surface area contributed by atoms with Gasteiger partial charge in [0.05, 0.1) is 16.8 Å². The maximum absolute atomic E-state index is 12.2. The van der Waals surface area contributed by atoms with Gasteiger partial charge in [-0.2, -0.15) is 10.2 Å². The van der Waals surface area contributed by atoms with Crippen LogP contribution in [0.3, 0.4) is 0 Å². The Hall–Kier alpha value is -3.71. The van der Waals surface area contributed by atoms with Crippen LogP contribution in [0.2, 0.25) is 0 Å². The Morgan fingerprint density at radius 3 is 2.71 bits per heavy atom. The summed E-state index contributed by atoms with van der Waals surface area (Å²) in [6.45, 7) is 0. The van der Waals surface area contributed by atoms with Crippen molar-refractivity contribution < 1.29 is 9.90 Å². The van der Waals surface area contributed by atoms with Gasteiger partial charge >= 0.3 is 0 Å². The summed E-state index contributed by atoms with van der Waals surface area (Å²) in [6, 6.07) is 19.8. The van der Waals surface area contributed by atoms with E-state index in [1.165, 1.54) is 12.1 Å². The molecule has 4 rings (SSSR count). The van der Waals surface area contributed by atoms with E-state index >= 15 is 0 Å². The van der Waals surface area contributed by atoms with Crippen molar-refractivity contribution in [2.24, 2.45) is 5.10 Å². The van der Waals surface area contributed by atoms with Crippen LogP contribution in [0.25, 0.3) is 16.3 Å². The Balaban J connectivity index is 1.60. The normalized spacial score (nSPS) is 11.0. The number of aromatic nitrogens is 2. The van der Waals surface area contributed by atoms with Gasteiger partial charge in [0.25, 0.3) is 5.91 Å². The Kier molecular flexibility index (Phi) is 4.99. The van der Waals surface area contributed by atoms with E-state index < -0.39 is 5.91 Å². The minimum Gasteiger partial charge on any atom is -0.508 e. The molecule has 28 heavy (non-hydrogen) atoms. The number of rotatable bonds is 5. The topological polar surface area (TPSA) is 79.5 Å². The molecule has 4 aromatic rings. The minimum atomic E-state index is -0.403. The summed E-state index contributed by atoms with van der Waals surface area (Å²) in [7, 11) is 0. The molecule has 7 heteroatoms. The highest BCUT2D eigenvalue weighted by Crippen LogP contribution is 2.26. The summed E-state index contributed by atoms with van der Waals surface area (Å²) in [5, 5.41) is 20.2. The number of hydrogen-bond donors (Lipinski definition) is 2. The van der Waals surface area contributed by atoms with Gasteiger partial charge in [-0.3, -0.25) is 4.79 Å². The Labute approximate surface area is 165 Å². The fourth-order valence-corrected chi connectivity index (χ4v) is 3.40. The molecule has 0 aliphatic heterocycles. The van der Waals surface area contributed by atoms with Gasteiger partial charge in [-0.15, -0.1) is 11.3 Å². The quantitative estimate of drug-likeness (QED) is 0.399. The number of amides is 1. The van der Waals surface area contributed by atoms with Crippen molar-refractivity contribution in [3.05, 3.63) is 89.4 Å². The number of hydrogen-bond acceptors (Lipinski definition) is 5. The molecule has 0 unspecified atom stereocenters. The molecule has 0 aliphatic carbocycles. The molecule has 0 fully saturated rings. The molecule has 0 aliphatic rings. The monoisotopic (exact) mass is 388 g/mol. The number of benzene rings is 2. The molecule has 1 amide bonds. The second kappa shape index (κ2) is 7.89. The average Bonchev–Trinajstić information content (AvgIpc) is 3.38. The van der Waals surface area contributed by atoms with Gasteiger partial charge in [0, 0.05) is 17.3 Å². The second-order valence-corrected chi connectivity index (χ2v) is 6.89. The predicted molar refractivity (Wildman–Crippen MR) is 110 cm³/mol. The summed E-state index contributed by atoms with van der Waals surface area (Å²) in [4.78, 5) is 13.2. The van der Waals surface area contributed by atoms with Crippen LogP contribution < -0.4 is 5.43 Å². The number of carbonyl (C=O) groups is 1. The zero-order valence-electron chi connectivity index (χ0n) is 14.7. The van der Waals surface area contributed by atoms with Crippen molar-refractivity contribution in [3.63, 3.8) is 0 Å². The fourth-order valence-electron chi connectivity index (χ4n) is 2.67. The molecule has 0 radical (unpaired) electrons. The first-order chi connectivity index (χ1) is 13.7. The number of nitrogens with zero attached hydrogens (tertiary/aromatic N) is 3. The van der Waals surface area contributed by atoms with Gasteiger partial charge in [0.1, 0.15) is 11.4 Å². The van der Waals surface area contributed by atoms with Crippen LogP contribution >= 0.6 is 11.3 Å². The van der Waals surface area contributed by atoms with E-state index in [1.807, 2.05) is 54.0 Å². The highest BCUT2D eigenvalue weighted by molar-refractivity contribution is 7.13. The molecule has 0 saturated carbocycles. The minimum absolute atomic E-state index is 0.0285. The van der Waals surface area contributed by atoms with Crippen molar-refractivity contribution in [1.82, 2.24) is 15.2 Å². The first kappa shape index (κ1) is 17.7. The van der Waals surface area contributed by atoms with E-state index in [1.54, 1.807) is 34.4 Å². The van der Waals surface area contributed by atoms with Crippen molar-refractivity contribution in [2.45, 2.75) is 0 Å². The number of aromatic hydroxyl groups is 1. The average molecular weight is 388 g/mol. The largest absolute Gasteiger partial charge is 0.508 e. The molecule has 0 bridgehead atoms. The first-order valence-electron chi connectivity index (χ1n) is 8.52. The lowest BCUT2D eigenvalue weighted by atomic mass is 10.2. The van der Waals surface area contributed by atoms with Crippen molar-refractivity contribution in [2.75, 3.05) is 0 Å². The summed E-state index contributed by atoms with van der Waals surface area (Å²) in [6.07, 6.45) is 3.44. The third-order valence-electron chi connectivity index (χ3n) is 4.00. The second-order valence-electron chi connectivity index (χ2n) is 5.94. The van der Waals surface area contributed by atoms with Gasteiger partial charge in [-0.25, -0.2) is 10.1 Å². The van der Waals surface area contributed by atoms with E-state index in [0.29, 0.717) is 5.56 Å². The van der Waals surface area contributed by atoms with Gasteiger partial charge in [0.15, 0.2) is 0 Å². The van der Waals surface area contributed by atoms with Gasteiger partial charge in [-0.05, 0) is 41.8 Å². The standard InChI is InChI=1S/C21H16N4O2S/c26-18-9-4-6-15(12-18)21(27)23-22-13-16-14-25(17-7-2-1-3-8-17)24-20(16)19-10-5-11-28-19/h1-14,26H,(H,23,27)/b22-13-. The molecule has 138 valence electrons. The maximum atomic E-state index is 12.2. The van der Waals surface area contributed by atoms with Crippen molar-refractivity contribution in [3.8, 4) is 22.0 Å². The summed E-state index contributed by atoms with van der Waals surface area (Å²) >= 11 is 1.58. The van der Waals surface area contributed by atoms with Crippen molar-refractivity contribution in [1.29, 1.82) is 0 Å². The smallest absolute Gasteiger partial charge is 0.271 e. The van der Waals surface area contributed by atoms with Crippen LogP contribution in [-0.2, 0) is 0 Å². The third kappa shape index (κ3) is 3.84. The molecular weight excluding hydrogens is 372 g/mol. The predicted octanol–water partition coefficient (Wildman–Crippen LogP) is 4.07. The highest BCUT2D eigenvalue weighted by atomic mass is 32.1. The number of hydrazone groups is 1. The summed E-state index contributed by atoms with van der Waals surface area (Å²) in [5.41, 5.74) is 5.31. The number of carbonyl (C=O) groups excluding carboxylic acids is 1. The molecule has 6 nitrogen and oxygen atoms in total. The van der Waals surface area contributed by atoms with Gasteiger partial charge < -0.3 is 5.11 Å². The van der Waals surface area contributed by atoms with Crippen LogP contribution in [0, 0.1) is 0 Å². The molecular formula is C21H16N4O2S. The SMILES string of the molecule is O=C(N/N=C\c1cn(-c2ccccc2)nc1-c1cccs1)c1cccc(O)c1. The van der Waals surface area contributed by atoms with E-state index in [4.69, 9.17) is 0 Å². The van der Waals surface area contributed by atoms with Crippen LogP contribution in [0.4, 0.5) is 0 Å². The van der Waals surface area contributed by atoms with E-state index in [9.17, 15) is 9.90 Å². The van der Waals surface area contributed by atoms with Crippen LogP contribution in [0.15, 0.2) is 83.4 Å². The zero-order chi connectivity index (χ0) is 19.3. The molecule has 0 atom stereocenters.